The zero-order valence-corrected chi connectivity index (χ0v) is 8.20. The molecule has 0 heterocycles. The number of rotatable bonds is 2. The number of alkyl halides is 5. The lowest BCUT2D eigenvalue weighted by Crippen LogP contribution is -2.42. The SMILES string of the molecule is OC(c1cc(F)c(F)cc1F)C(F)(F)C(F)(F)F. The Kier molecular flexibility index (Phi) is 3.57. The van der Waals surface area contributed by atoms with Crippen LogP contribution in [-0.2, 0) is 0 Å². The van der Waals surface area contributed by atoms with Crippen molar-refractivity contribution >= 4 is 0 Å². The van der Waals surface area contributed by atoms with Crippen molar-refractivity contribution in [3.05, 3.63) is 35.1 Å². The van der Waals surface area contributed by atoms with Gasteiger partial charge in [-0.25, -0.2) is 13.2 Å². The van der Waals surface area contributed by atoms with Crippen molar-refractivity contribution in [2.45, 2.75) is 18.2 Å². The van der Waals surface area contributed by atoms with E-state index in [1.165, 1.54) is 0 Å². The molecule has 102 valence electrons. The van der Waals surface area contributed by atoms with Crippen LogP contribution in [0, 0.1) is 17.5 Å². The Hall–Kier alpha value is -1.38. The Balaban J connectivity index is 3.27. The van der Waals surface area contributed by atoms with Crippen LogP contribution >= 0.6 is 0 Å². The summed E-state index contributed by atoms with van der Waals surface area (Å²) in [4.78, 5) is 0. The molecule has 0 fully saturated rings. The fourth-order valence-electron chi connectivity index (χ4n) is 1.10. The highest BCUT2D eigenvalue weighted by Crippen LogP contribution is 2.45. The molecule has 0 aliphatic rings. The molecule has 1 atom stereocenters. The van der Waals surface area contributed by atoms with Crippen molar-refractivity contribution in [2.75, 3.05) is 0 Å². The van der Waals surface area contributed by atoms with Gasteiger partial charge >= 0.3 is 12.1 Å². The van der Waals surface area contributed by atoms with E-state index in [2.05, 4.69) is 0 Å². The second-order valence-corrected chi connectivity index (χ2v) is 3.31. The van der Waals surface area contributed by atoms with Gasteiger partial charge in [0.05, 0.1) is 0 Å². The van der Waals surface area contributed by atoms with Gasteiger partial charge in [-0.1, -0.05) is 0 Å². The quantitative estimate of drug-likeness (QED) is 0.650. The van der Waals surface area contributed by atoms with Gasteiger partial charge in [-0.2, -0.15) is 22.0 Å². The first-order chi connectivity index (χ1) is 7.98. The maximum absolute atomic E-state index is 12.9. The first-order valence-electron chi connectivity index (χ1n) is 4.25. The predicted molar refractivity (Wildman–Crippen MR) is 42.3 cm³/mol. The fraction of sp³-hybridized carbons (Fsp3) is 0.333. The first-order valence-corrected chi connectivity index (χ1v) is 4.25. The fourth-order valence-corrected chi connectivity index (χ4v) is 1.10. The summed E-state index contributed by atoms with van der Waals surface area (Å²) in [7, 11) is 0. The third kappa shape index (κ3) is 2.40. The van der Waals surface area contributed by atoms with Crippen molar-refractivity contribution in [3.8, 4) is 0 Å². The van der Waals surface area contributed by atoms with Gasteiger partial charge in [0.15, 0.2) is 17.7 Å². The van der Waals surface area contributed by atoms with E-state index < -0.39 is 41.2 Å². The van der Waals surface area contributed by atoms with E-state index in [0.29, 0.717) is 0 Å². The van der Waals surface area contributed by atoms with E-state index in [0.717, 1.165) is 0 Å². The molecular formula is C9H4F8O. The minimum Gasteiger partial charge on any atom is -0.382 e. The van der Waals surface area contributed by atoms with Crippen molar-refractivity contribution in [1.29, 1.82) is 0 Å². The molecule has 1 N–H and O–H groups in total. The number of benzene rings is 1. The summed E-state index contributed by atoms with van der Waals surface area (Å²) < 4.78 is 99.0. The lowest BCUT2D eigenvalue weighted by molar-refractivity contribution is -0.315. The Morgan fingerprint density at radius 3 is 1.72 bits per heavy atom. The second-order valence-electron chi connectivity index (χ2n) is 3.31. The summed E-state index contributed by atoms with van der Waals surface area (Å²) in [6, 6.07) is -0.491. The molecule has 1 aromatic rings. The van der Waals surface area contributed by atoms with Gasteiger partial charge < -0.3 is 5.11 Å². The summed E-state index contributed by atoms with van der Waals surface area (Å²) in [5.74, 6) is -11.2. The monoisotopic (exact) mass is 280 g/mol. The smallest absolute Gasteiger partial charge is 0.382 e. The van der Waals surface area contributed by atoms with Crippen LogP contribution in [0.2, 0.25) is 0 Å². The molecule has 0 aliphatic carbocycles. The van der Waals surface area contributed by atoms with Crippen LogP contribution < -0.4 is 0 Å². The first kappa shape index (κ1) is 14.7. The number of halogens is 8. The average molecular weight is 280 g/mol. The van der Waals surface area contributed by atoms with E-state index in [-0.39, 0.29) is 12.1 Å². The molecule has 0 aromatic heterocycles. The van der Waals surface area contributed by atoms with Gasteiger partial charge in [0.2, 0.25) is 0 Å². The highest BCUT2D eigenvalue weighted by Gasteiger charge is 2.63. The van der Waals surface area contributed by atoms with Crippen LogP contribution in [-0.4, -0.2) is 17.2 Å². The standard InChI is InChI=1S/C9H4F8O/c10-4-2-6(12)5(11)1-3(4)7(18)8(13,14)9(15,16)17/h1-2,7,18H. The van der Waals surface area contributed by atoms with Crippen LogP contribution in [0.5, 0.6) is 0 Å². The Morgan fingerprint density at radius 2 is 1.28 bits per heavy atom. The second kappa shape index (κ2) is 4.38. The van der Waals surface area contributed by atoms with Gasteiger partial charge in [-0.05, 0) is 6.07 Å². The molecule has 1 unspecified atom stereocenters. The maximum atomic E-state index is 12.9. The summed E-state index contributed by atoms with van der Waals surface area (Å²) in [6.07, 6.45) is -9.84. The molecular weight excluding hydrogens is 276 g/mol. The van der Waals surface area contributed by atoms with Crippen molar-refractivity contribution < 1.29 is 40.2 Å². The van der Waals surface area contributed by atoms with Crippen molar-refractivity contribution in [1.82, 2.24) is 0 Å². The Labute approximate surface area is 94.6 Å². The number of aliphatic hydroxyl groups excluding tert-OH is 1. The highest BCUT2D eigenvalue weighted by molar-refractivity contribution is 5.24. The van der Waals surface area contributed by atoms with Crippen LogP contribution in [0.1, 0.15) is 11.7 Å². The lowest BCUT2D eigenvalue weighted by atomic mass is 10.0. The van der Waals surface area contributed by atoms with Gasteiger partial charge in [-0.15, -0.1) is 0 Å². The van der Waals surface area contributed by atoms with Crippen molar-refractivity contribution in [2.24, 2.45) is 0 Å². The van der Waals surface area contributed by atoms with Gasteiger partial charge in [0.1, 0.15) is 5.82 Å². The minimum atomic E-state index is -6.16. The number of aliphatic hydroxyl groups is 1. The molecule has 0 amide bonds. The molecule has 0 bridgehead atoms. The van der Waals surface area contributed by atoms with Crippen LogP contribution in [0.15, 0.2) is 12.1 Å². The summed E-state index contributed by atoms with van der Waals surface area (Å²) in [6.45, 7) is 0. The van der Waals surface area contributed by atoms with E-state index in [1.807, 2.05) is 0 Å². The highest BCUT2D eigenvalue weighted by atomic mass is 19.4. The summed E-state index contributed by atoms with van der Waals surface area (Å²) in [5.41, 5.74) is -1.68. The van der Waals surface area contributed by atoms with Gasteiger partial charge in [0, 0.05) is 11.6 Å². The van der Waals surface area contributed by atoms with E-state index in [4.69, 9.17) is 5.11 Å². The largest absolute Gasteiger partial charge is 0.456 e. The molecule has 18 heavy (non-hydrogen) atoms. The lowest BCUT2D eigenvalue weighted by Gasteiger charge is -2.25. The van der Waals surface area contributed by atoms with Crippen LogP contribution in [0.25, 0.3) is 0 Å². The molecule has 0 radical (unpaired) electrons. The number of hydrogen-bond acceptors (Lipinski definition) is 1. The molecule has 1 aromatic carbocycles. The molecule has 1 nitrogen and oxygen atoms in total. The van der Waals surface area contributed by atoms with Crippen LogP contribution in [0.3, 0.4) is 0 Å². The zero-order valence-electron chi connectivity index (χ0n) is 8.20. The Bertz CT molecular complexity index is 453. The maximum Gasteiger partial charge on any atom is 0.456 e. The molecule has 0 saturated carbocycles. The number of hydrogen-bond donors (Lipinski definition) is 1. The third-order valence-electron chi connectivity index (χ3n) is 2.06. The molecule has 0 aliphatic heterocycles. The Morgan fingerprint density at radius 1 is 0.833 bits per heavy atom. The normalized spacial score (nSPS) is 14.7. The van der Waals surface area contributed by atoms with E-state index >= 15 is 0 Å². The average Bonchev–Trinajstić information content (AvgIpc) is 2.20. The van der Waals surface area contributed by atoms with E-state index in [9.17, 15) is 35.1 Å². The predicted octanol–water partition coefficient (Wildman–Crippen LogP) is 3.33. The van der Waals surface area contributed by atoms with Crippen LogP contribution in [0.4, 0.5) is 35.1 Å². The molecule has 1 rings (SSSR count). The third-order valence-corrected chi connectivity index (χ3v) is 2.06. The van der Waals surface area contributed by atoms with E-state index in [1.54, 1.807) is 0 Å². The summed E-state index contributed by atoms with van der Waals surface area (Å²) in [5, 5.41) is 8.78. The molecule has 0 spiro atoms. The molecule has 0 saturated heterocycles. The topological polar surface area (TPSA) is 20.2 Å². The van der Waals surface area contributed by atoms with Gasteiger partial charge in [-0.3, -0.25) is 0 Å². The van der Waals surface area contributed by atoms with Crippen molar-refractivity contribution in [3.63, 3.8) is 0 Å². The minimum absolute atomic E-state index is 0.236. The van der Waals surface area contributed by atoms with Gasteiger partial charge in [0.25, 0.3) is 0 Å². The summed E-state index contributed by atoms with van der Waals surface area (Å²) >= 11 is 0. The molecule has 9 heteroatoms. The zero-order chi connectivity index (χ0) is 14.3.